The highest BCUT2D eigenvalue weighted by atomic mass is 33.1. The third kappa shape index (κ3) is 8.06. The molecule has 5 rings (SSSR count). The van der Waals surface area contributed by atoms with E-state index in [1.54, 1.807) is 30.3 Å². The standard InChI is InChI=1S/C21H24FN5O.C8H14OS2/c1-24-11-13-4-2-6-17(25-13)12-8-9-14(16(22)10-12)21-26-18-7-3-5-15(20(23)28)19(18)27-21;9-6-3-1-2-4-8-5-7-10-11-8/h3,5,7-10,13,17,24-25H,2,4,6,11H2,1H3,(H2,23,28)(H,26,27);6,8H,1-5,7H2. The number of nitrogens with zero attached hydrogens (tertiary/aromatic N) is 1. The number of hydrogen-bond donors (Lipinski definition) is 4. The fraction of sp³-hybridized carbons (Fsp3) is 0.483. The highest BCUT2D eigenvalue weighted by molar-refractivity contribution is 8.77. The Morgan fingerprint density at radius 1 is 1.23 bits per heavy atom. The predicted molar refractivity (Wildman–Crippen MR) is 160 cm³/mol. The lowest BCUT2D eigenvalue weighted by Gasteiger charge is -2.31. The molecule has 3 atom stereocenters. The second kappa shape index (κ2) is 14.8. The van der Waals surface area contributed by atoms with Gasteiger partial charge in [-0.1, -0.05) is 40.1 Å². The number of primary amides is 1. The van der Waals surface area contributed by atoms with Gasteiger partial charge in [-0.3, -0.25) is 4.79 Å². The van der Waals surface area contributed by atoms with Gasteiger partial charge < -0.3 is 26.1 Å². The number of fused-ring (bicyclic) bond motifs is 1. The molecule has 5 N–H and O–H groups in total. The van der Waals surface area contributed by atoms with E-state index in [0.717, 1.165) is 55.7 Å². The fourth-order valence-corrected chi connectivity index (χ4v) is 8.18. The van der Waals surface area contributed by atoms with Gasteiger partial charge in [0.2, 0.25) is 0 Å². The minimum atomic E-state index is -0.557. The Hall–Kier alpha value is -2.40. The van der Waals surface area contributed by atoms with Crippen molar-refractivity contribution in [3.05, 3.63) is 53.3 Å². The minimum Gasteiger partial charge on any atom is -0.366 e. The number of piperidine rings is 1. The summed E-state index contributed by atoms with van der Waals surface area (Å²) >= 11 is 0. The molecule has 2 aliphatic rings. The highest BCUT2D eigenvalue weighted by Gasteiger charge is 2.23. The second-order valence-corrected chi connectivity index (χ2v) is 12.9. The van der Waals surface area contributed by atoms with Crippen molar-refractivity contribution in [2.75, 3.05) is 19.3 Å². The van der Waals surface area contributed by atoms with Gasteiger partial charge in [-0.15, -0.1) is 0 Å². The van der Waals surface area contributed by atoms with E-state index in [4.69, 9.17) is 5.73 Å². The molecule has 2 aliphatic heterocycles. The number of H-pyrrole nitrogens is 1. The Morgan fingerprint density at radius 2 is 2.10 bits per heavy atom. The highest BCUT2D eigenvalue weighted by Crippen LogP contribution is 2.39. The lowest BCUT2D eigenvalue weighted by Crippen LogP contribution is -2.42. The predicted octanol–water partition coefficient (Wildman–Crippen LogP) is 5.77. The molecule has 7 nitrogen and oxygen atoms in total. The number of benzene rings is 2. The fourth-order valence-electron chi connectivity index (χ4n) is 5.15. The van der Waals surface area contributed by atoms with Gasteiger partial charge in [-0.2, -0.15) is 0 Å². The van der Waals surface area contributed by atoms with Gasteiger partial charge in [0.15, 0.2) is 0 Å². The monoisotopic (exact) mass is 571 g/mol. The van der Waals surface area contributed by atoms with Crippen LogP contribution in [0.5, 0.6) is 0 Å². The number of halogens is 1. The summed E-state index contributed by atoms with van der Waals surface area (Å²) < 4.78 is 14.9. The first-order chi connectivity index (χ1) is 19.0. The number of imidazole rings is 1. The van der Waals surface area contributed by atoms with Crippen LogP contribution in [0.15, 0.2) is 36.4 Å². The lowest BCUT2D eigenvalue weighted by molar-refractivity contribution is -0.107. The lowest BCUT2D eigenvalue weighted by atomic mass is 9.92. The van der Waals surface area contributed by atoms with E-state index in [0.29, 0.717) is 34.0 Å². The zero-order valence-electron chi connectivity index (χ0n) is 22.4. The van der Waals surface area contributed by atoms with Crippen LogP contribution in [0.3, 0.4) is 0 Å². The molecular formula is C29H38FN5O2S2. The van der Waals surface area contributed by atoms with Crippen LogP contribution in [0, 0.1) is 5.82 Å². The van der Waals surface area contributed by atoms with Crippen LogP contribution < -0.4 is 16.4 Å². The maximum absolute atomic E-state index is 14.9. The summed E-state index contributed by atoms with van der Waals surface area (Å²) in [7, 11) is 5.96. The average molecular weight is 572 g/mol. The van der Waals surface area contributed by atoms with Crippen LogP contribution in [0.4, 0.5) is 4.39 Å². The summed E-state index contributed by atoms with van der Waals surface area (Å²) in [5, 5.41) is 7.67. The molecule has 39 heavy (non-hydrogen) atoms. The van der Waals surface area contributed by atoms with Crippen molar-refractivity contribution >= 4 is 44.8 Å². The van der Waals surface area contributed by atoms with Gasteiger partial charge in [0.1, 0.15) is 23.4 Å². The third-order valence-corrected chi connectivity index (χ3v) is 10.2. The summed E-state index contributed by atoms with van der Waals surface area (Å²) in [6.45, 7) is 0.901. The van der Waals surface area contributed by atoms with E-state index in [9.17, 15) is 14.0 Å². The van der Waals surface area contributed by atoms with E-state index in [2.05, 4.69) is 20.6 Å². The summed E-state index contributed by atoms with van der Waals surface area (Å²) in [6.07, 6.45) is 10.0. The van der Waals surface area contributed by atoms with Gasteiger partial charge in [0, 0.05) is 36.1 Å². The number of nitrogens with one attached hydrogen (secondary N) is 3. The molecule has 3 unspecified atom stereocenters. The maximum Gasteiger partial charge on any atom is 0.250 e. The normalized spacial score (nSPS) is 20.9. The summed E-state index contributed by atoms with van der Waals surface area (Å²) in [5.74, 6) is 0.814. The molecule has 0 spiro atoms. The molecule has 0 saturated carbocycles. The first-order valence-electron chi connectivity index (χ1n) is 13.7. The number of aromatic nitrogens is 2. The number of hydrogen-bond acceptors (Lipinski definition) is 7. The quantitative estimate of drug-likeness (QED) is 0.139. The molecule has 2 saturated heterocycles. The van der Waals surface area contributed by atoms with Gasteiger partial charge in [0.25, 0.3) is 5.91 Å². The smallest absolute Gasteiger partial charge is 0.250 e. The van der Waals surface area contributed by atoms with Gasteiger partial charge in [0.05, 0.1) is 16.6 Å². The molecule has 3 heterocycles. The molecule has 10 heteroatoms. The molecule has 2 fully saturated rings. The van der Waals surface area contributed by atoms with E-state index in [1.807, 2.05) is 34.7 Å². The topological polar surface area (TPSA) is 113 Å². The Balaban J connectivity index is 0.000000270. The second-order valence-electron chi connectivity index (χ2n) is 10.1. The molecule has 0 radical (unpaired) electrons. The average Bonchev–Trinajstić information content (AvgIpc) is 3.62. The molecule has 2 aromatic carbocycles. The van der Waals surface area contributed by atoms with E-state index >= 15 is 0 Å². The molecule has 0 aliphatic carbocycles. The SMILES string of the molecule is CNCC1CCCC(c2ccc(-c3nc4c(C(N)=O)cccc4[nH]3)c(F)c2)N1.O=CCCCCC1CCSS1. The number of para-hydroxylation sites is 1. The number of carbonyl (C=O) groups excluding carboxylic acids is 2. The molecule has 1 aromatic heterocycles. The van der Waals surface area contributed by atoms with Crippen LogP contribution in [0.2, 0.25) is 0 Å². The molecule has 210 valence electrons. The van der Waals surface area contributed by atoms with Crippen molar-refractivity contribution < 1.29 is 14.0 Å². The molecule has 3 aromatic rings. The van der Waals surface area contributed by atoms with Crippen molar-refractivity contribution in [1.82, 2.24) is 20.6 Å². The van der Waals surface area contributed by atoms with Crippen molar-refractivity contribution in [2.24, 2.45) is 5.73 Å². The number of carbonyl (C=O) groups is 2. The largest absolute Gasteiger partial charge is 0.366 e. The van der Waals surface area contributed by atoms with Gasteiger partial charge in [-0.25, -0.2) is 9.37 Å². The van der Waals surface area contributed by atoms with Crippen LogP contribution in [-0.4, -0.2) is 52.8 Å². The molecule has 0 bridgehead atoms. The molecule has 1 amide bonds. The van der Waals surface area contributed by atoms with E-state index < -0.39 is 5.91 Å². The zero-order valence-corrected chi connectivity index (χ0v) is 24.0. The number of nitrogens with two attached hydrogens (primary N) is 1. The van der Waals surface area contributed by atoms with Gasteiger partial charge >= 0.3 is 0 Å². The Bertz CT molecular complexity index is 1250. The number of aromatic amines is 1. The van der Waals surface area contributed by atoms with Gasteiger partial charge in [-0.05, 0) is 75.4 Å². The number of aldehydes is 1. The first-order valence-corrected chi connectivity index (χ1v) is 16.1. The minimum absolute atomic E-state index is 0.146. The third-order valence-electron chi connectivity index (χ3n) is 7.19. The van der Waals surface area contributed by atoms with Crippen LogP contribution in [0.1, 0.15) is 73.3 Å². The Labute approximate surface area is 237 Å². The summed E-state index contributed by atoms with van der Waals surface area (Å²) in [4.78, 5) is 29.1. The summed E-state index contributed by atoms with van der Waals surface area (Å²) in [5.41, 5.74) is 8.15. The van der Waals surface area contributed by atoms with Crippen molar-refractivity contribution in [3.63, 3.8) is 0 Å². The Kier molecular flexibility index (Phi) is 11.3. The van der Waals surface area contributed by atoms with E-state index in [-0.39, 0.29) is 11.9 Å². The van der Waals surface area contributed by atoms with Crippen molar-refractivity contribution in [2.45, 2.75) is 68.7 Å². The zero-order chi connectivity index (χ0) is 27.6. The van der Waals surface area contributed by atoms with Crippen molar-refractivity contribution in [3.8, 4) is 11.4 Å². The van der Waals surface area contributed by atoms with Crippen LogP contribution >= 0.6 is 21.6 Å². The molecular weight excluding hydrogens is 533 g/mol. The first kappa shape index (κ1) is 29.6. The summed E-state index contributed by atoms with van der Waals surface area (Å²) in [6, 6.07) is 10.9. The van der Waals surface area contributed by atoms with Crippen LogP contribution in [-0.2, 0) is 4.79 Å². The number of likely N-dealkylation sites (N-methyl/N-ethyl adjacent to an activating group) is 1. The van der Waals surface area contributed by atoms with E-state index in [1.165, 1.54) is 25.0 Å². The number of amides is 1. The van der Waals surface area contributed by atoms with Crippen LogP contribution in [0.25, 0.3) is 22.4 Å². The maximum atomic E-state index is 14.9. The Morgan fingerprint density at radius 3 is 2.82 bits per heavy atom. The number of unbranched alkanes of at least 4 members (excludes halogenated alkanes) is 2. The van der Waals surface area contributed by atoms with Crippen molar-refractivity contribution in [1.29, 1.82) is 0 Å². The number of rotatable bonds is 10.